The lowest BCUT2D eigenvalue weighted by Crippen LogP contribution is -2.23. The summed E-state index contributed by atoms with van der Waals surface area (Å²) < 4.78 is 0. The smallest absolute Gasteiger partial charge is 0.101 e. The highest BCUT2D eigenvalue weighted by Gasteiger charge is 2.15. The molecule has 0 aromatic heterocycles. The van der Waals surface area contributed by atoms with Crippen molar-refractivity contribution in [1.29, 1.82) is 5.26 Å². The number of hydrogen-bond donors (Lipinski definition) is 1. The molecule has 17 heavy (non-hydrogen) atoms. The molecule has 1 saturated heterocycles. The first-order valence-corrected chi connectivity index (χ1v) is 7.94. The van der Waals surface area contributed by atoms with E-state index in [2.05, 4.69) is 11.4 Å². The number of nitriles is 1. The summed E-state index contributed by atoms with van der Waals surface area (Å²) in [6, 6.07) is 8.11. The van der Waals surface area contributed by atoms with Gasteiger partial charge in [-0.1, -0.05) is 12.1 Å². The third-order valence-electron chi connectivity index (χ3n) is 2.78. The van der Waals surface area contributed by atoms with E-state index in [1.807, 2.05) is 48.6 Å². The Labute approximate surface area is 111 Å². The third kappa shape index (κ3) is 3.34. The fraction of sp³-hybridized carbons (Fsp3) is 0.462. The Morgan fingerprint density at radius 3 is 3.06 bits per heavy atom. The van der Waals surface area contributed by atoms with Gasteiger partial charge in [-0.2, -0.15) is 28.8 Å². The highest BCUT2D eigenvalue weighted by Crippen LogP contribution is 2.26. The zero-order valence-electron chi connectivity index (χ0n) is 9.90. The quantitative estimate of drug-likeness (QED) is 0.910. The van der Waals surface area contributed by atoms with Crippen LogP contribution < -0.4 is 5.32 Å². The van der Waals surface area contributed by atoms with Gasteiger partial charge < -0.3 is 5.32 Å². The average molecular weight is 264 g/mol. The van der Waals surface area contributed by atoms with Gasteiger partial charge in [-0.05, 0) is 18.6 Å². The zero-order chi connectivity index (χ0) is 12.1. The molecule has 2 rings (SSSR count). The normalized spacial score (nSPS) is 19.6. The van der Waals surface area contributed by atoms with Crippen molar-refractivity contribution in [2.75, 3.05) is 29.1 Å². The number of hydrogen-bond acceptors (Lipinski definition) is 4. The first-order valence-electron chi connectivity index (χ1n) is 5.74. The summed E-state index contributed by atoms with van der Waals surface area (Å²) in [7, 11) is 0. The van der Waals surface area contributed by atoms with E-state index < -0.39 is 0 Å². The van der Waals surface area contributed by atoms with E-state index in [0.717, 1.165) is 23.4 Å². The summed E-state index contributed by atoms with van der Waals surface area (Å²) in [5.41, 5.74) is 2.90. The molecule has 2 nitrogen and oxygen atoms in total. The van der Waals surface area contributed by atoms with Crippen LogP contribution in [0.3, 0.4) is 0 Å². The van der Waals surface area contributed by atoms with Crippen LogP contribution in [0.5, 0.6) is 0 Å². The van der Waals surface area contributed by atoms with E-state index in [1.54, 1.807) is 0 Å². The predicted molar refractivity (Wildman–Crippen MR) is 78.0 cm³/mol. The van der Waals surface area contributed by atoms with Crippen molar-refractivity contribution >= 4 is 29.2 Å². The number of nitrogens with one attached hydrogen (secondary N) is 1. The predicted octanol–water partition coefficient (Wildman–Crippen LogP) is 3.13. The SMILES string of the molecule is Cc1cccc(C#N)c1NCC1CSCCS1. The lowest BCUT2D eigenvalue weighted by Gasteiger charge is -2.22. The molecule has 0 bridgehead atoms. The molecule has 1 fully saturated rings. The van der Waals surface area contributed by atoms with E-state index in [4.69, 9.17) is 5.26 Å². The van der Waals surface area contributed by atoms with Crippen molar-refractivity contribution < 1.29 is 0 Å². The van der Waals surface area contributed by atoms with Crippen LogP contribution in [0.4, 0.5) is 5.69 Å². The minimum atomic E-state index is 0.667. The topological polar surface area (TPSA) is 35.8 Å². The summed E-state index contributed by atoms with van der Waals surface area (Å²) >= 11 is 4.06. The Morgan fingerprint density at radius 2 is 2.35 bits per heavy atom. The summed E-state index contributed by atoms with van der Waals surface area (Å²) in [5, 5.41) is 13.2. The number of aryl methyl sites for hydroxylation is 1. The Balaban J connectivity index is 2.00. The first kappa shape index (κ1) is 12.7. The van der Waals surface area contributed by atoms with Crippen LogP contribution in [0.25, 0.3) is 0 Å². The molecule has 0 spiro atoms. The number of thioether (sulfide) groups is 2. The molecule has 4 heteroatoms. The molecule has 1 aromatic carbocycles. The van der Waals surface area contributed by atoms with Gasteiger partial charge in [0.25, 0.3) is 0 Å². The molecule has 1 heterocycles. The maximum Gasteiger partial charge on any atom is 0.101 e. The summed E-state index contributed by atoms with van der Waals surface area (Å²) in [5.74, 6) is 3.73. The van der Waals surface area contributed by atoms with Crippen molar-refractivity contribution in [3.63, 3.8) is 0 Å². The van der Waals surface area contributed by atoms with Gasteiger partial charge in [0.15, 0.2) is 0 Å². The average Bonchev–Trinajstić information content (AvgIpc) is 2.38. The van der Waals surface area contributed by atoms with E-state index in [9.17, 15) is 0 Å². The molecule has 1 aliphatic rings. The highest BCUT2D eigenvalue weighted by atomic mass is 32.2. The van der Waals surface area contributed by atoms with E-state index >= 15 is 0 Å². The monoisotopic (exact) mass is 264 g/mol. The van der Waals surface area contributed by atoms with E-state index in [0.29, 0.717) is 5.25 Å². The van der Waals surface area contributed by atoms with Crippen LogP contribution in [0.1, 0.15) is 11.1 Å². The van der Waals surface area contributed by atoms with E-state index in [1.165, 1.54) is 17.3 Å². The van der Waals surface area contributed by atoms with Gasteiger partial charge in [0, 0.05) is 29.1 Å². The molecular formula is C13H16N2S2. The number of anilines is 1. The fourth-order valence-electron chi connectivity index (χ4n) is 1.87. The van der Waals surface area contributed by atoms with Crippen LogP contribution in [0.15, 0.2) is 18.2 Å². The lowest BCUT2D eigenvalue weighted by atomic mass is 10.1. The second-order valence-electron chi connectivity index (χ2n) is 4.06. The van der Waals surface area contributed by atoms with Crippen LogP contribution in [0, 0.1) is 18.3 Å². The minimum absolute atomic E-state index is 0.667. The molecule has 1 aromatic rings. The lowest BCUT2D eigenvalue weighted by molar-refractivity contribution is 1.00. The third-order valence-corrected chi connectivity index (χ3v) is 5.63. The molecule has 0 radical (unpaired) electrons. The molecule has 0 amide bonds. The Kier molecular flexibility index (Phi) is 4.64. The van der Waals surface area contributed by atoms with Gasteiger partial charge in [0.1, 0.15) is 6.07 Å². The summed E-state index contributed by atoms with van der Waals surface area (Å²) in [6.45, 7) is 3.00. The molecule has 1 N–H and O–H groups in total. The van der Waals surface area contributed by atoms with Crippen molar-refractivity contribution in [2.24, 2.45) is 0 Å². The second kappa shape index (κ2) is 6.23. The van der Waals surface area contributed by atoms with Crippen molar-refractivity contribution in [2.45, 2.75) is 12.2 Å². The molecule has 1 atom stereocenters. The van der Waals surface area contributed by atoms with Gasteiger partial charge >= 0.3 is 0 Å². The zero-order valence-corrected chi connectivity index (χ0v) is 11.5. The molecule has 1 unspecified atom stereocenters. The summed E-state index contributed by atoms with van der Waals surface area (Å²) in [6.07, 6.45) is 0. The van der Waals surface area contributed by atoms with Crippen LogP contribution >= 0.6 is 23.5 Å². The summed E-state index contributed by atoms with van der Waals surface area (Å²) in [4.78, 5) is 0. The number of rotatable bonds is 3. The van der Waals surface area contributed by atoms with Gasteiger partial charge in [-0.15, -0.1) is 0 Å². The van der Waals surface area contributed by atoms with E-state index in [-0.39, 0.29) is 0 Å². The minimum Gasteiger partial charge on any atom is -0.383 e. The van der Waals surface area contributed by atoms with Crippen LogP contribution in [-0.2, 0) is 0 Å². The first-order chi connectivity index (χ1) is 8.31. The molecule has 0 aliphatic carbocycles. The fourth-order valence-corrected chi connectivity index (χ4v) is 4.48. The largest absolute Gasteiger partial charge is 0.383 e. The second-order valence-corrected chi connectivity index (χ2v) is 6.62. The Hall–Kier alpha value is -0.790. The highest BCUT2D eigenvalue weighted by molar-refractivity contribution is 8.06. The van der Waals surface area contributed by atoms with Gasteiger partial charge in [-0.25, -0.2) is 0 Å². The number of para-hydroxylation sites is 1. The van der Waals surface area contributed by atoms with Crippen molar-refractivity contribution in [3.8, 4) is 6.07 Å². The molecule has 90 valence electrons. The molecule has 0 saturated carbocycles. The molecule has 1 aliphatic heterocycles. The number of benzene rings is 1. The number of nitrogens with zero attached hydrogens (tertiary/aromatic N) is 1. The van der Waals surface area contributed by atoms with Gasteiger partial charge in [0.05, 0.1) is 11.3 Å². The standard InChI is InChI=1S/C13H16N2S2/c1-10-3-2-4-11(7-14)13(10)15-8-12-9-16-5-6-17-12/h2-4,12,15H,5-6,8-9H2,1H3. The maximum absolute atomic E-state index is 9.08. The molecular weight excluding hydrogens is 248 g/mol. The van der Waals surface area contributed by atoms with Gasteiger partial charge in [0.2, 0.25) is 0 Å². The maximum atomic E-state index is 9.08. The van der Waals surface area contributed by atoms with Crippen LogP contribution in [-0.4, -0.2) is 29.1 Å². The van der Waals surface area contributed by atoms with Gasteiger partial charge in [-0.3, -0.25) is 0 Å². The van der Waals surface area contributed by atoms with Crippen LogP contribution in [0.2, 0.25) is 0 Å². The van der Waals surface area contributed by atoms with Crippen molar-refractivity contribution in [1.82, 2.24) is 0 Å². The Morgan fingerprint density at radius 1 is 1.47 bits per heavy atom. The van der Waals surface area contributed by atoms with Crippen molar-refractivity contribution in [3.05, 3.63) is 29.3 Å². The Bertz CT molecular complexity index is 420.